The van der Waals surface area contributed by atoms with Crippen molar-refractivity contribution in [2.45, 2.75) is 4.90 Å². The Morgan fingerprint density at radius 1 is 1.33 bits per heavy atom. The van der Waals surface area contributed by atoms with Gasteiger partial charge in [-0.15, -0.1) is 3.89 Å². The normalized spacial score (nSPS) is 11.9. The first-order chi connectivity index (χ1) is 6.98. The van der Waals surface area contributed by atoms with Gasteiger partial charge in [0, 0.05) is 16.1 Å². The lowest BCUT2D eigenvalue weighted by atomic mass is 10.2. The van der Waals surface area contributed by atoms with Gasteiger partial charge in [-0.3, -0.25) is 4.98 Å². The summed E-state index contributed by atoms with van der Waals surface area (Å²) in [6.45, 7) is 0. The Balaban J connectivity index is 2.96. The van der Waals surface area contributed by atoms with Crippen molar-refractivity contribution in [2.24, 2.45) is 0 Å². The third-order valence-electron chi connectivity index (χ3n) is 1.90. The minimum Gasteiger partial charge on any atom is -0.255 e. The first kappa shape index (κ1) is 10.5. The molecular formula is C9H5BrFNO2S. The number of aromatic nitrogens is 1. The Kier molecular flexibility index (Phi) is 2.47. The summed E-state index contributed by atoms with van der Waals surface area (Å²) in [5, 5.41) is 0.572. The fourth-order valence-corrected chi connectivity index (χ4v) is 2.61. The number of hydrogen-bond donors (Lipinski definition) is 0. The number of pyridine rings is 1. The van der Waals surface area contributed by atoms with E-state index in [0.717, 1.165) is 0 Å². The van der Waals surface area contributed by atoms with Crippen LogP contribution in [0.2, 0.25) is 0 Å². The standard InChI is InChI=1S/C9H5BrFNO2S/c10-7-4-6-2-1-3-12-9(6)8(5-7)15(11,13)14/h1-5H. The van der Waals surface area contributed by atoms with E-state index < -0.39 is 15.1 Å². The van der Waals surface area contributed by atoms with Gasteiger partial charge in [-0.1, -0.05) is 22.0 Å². The lowest BCUT2D eigenvalue weighted by Gasteiger charge is -2.02. The van der Waals surface area contributed by atoms with Crippen molar-refractivity contribution in [3.05, 3.63) is 34.9 Å². The minimum absolute atomic E-state index is 0.142. The molecule has 0 spiro atoms. The molecule has 0 aliphatic rings. The molecule has 0 saturated carbocycles. The summed E-state index contributed by atoms with van der Waals surface area (Å²) < 4.78 is 35.2. The molecule has 0 fully saturated rings. The van der Waals surface area contributed by atoms with Gasteiger partial charge in [0.1, 0.15) is 4.90 Å². The Bertz CT molecular complexity index is 627. The van der Waals surface area contributed by atoms with Crippen molar-refractivity contribution in [2.75, 3.05) is 0 Å². The van der Waals surface area contributed by atoms with E-state index in [2.05, 4.69) is 20.9 Å². The second-order valence-electron chi connectivity index (χ2n) is 2.92. The zero-order valence-corrected chi connectivity index (χ0v) is 9.72. The first-order valence-corrected chi connectivity index (χ1v) is 6.15. The molecule has 0 radical (unpaired) electrons. The maximum absolute atomic E-state index is 12.9. The number of nitrogens with zero attached hydrogens (tertiary/aromatic N) is 1. The van der Waals surface area contributed by atoms with Crippen LogP contribution in [0, 0.1) is 0 Å². The Morgan fingerprint density at radius 3 is 2.73 bits per heavy atom. The van der Waals surface area contributed by atoms with Crippen LogP contribution < -0.4 is 0 Å². The molecule has 0 bridgehead atoms. The molecule has 3 nitrogen and oxygen atoms in total. The summed E-state index contributed by atoms with van der Waals surface area (Å²) in [6.07, 6.45) is 1.42. The molecule has 78 valence electrons. The maximum atomic E-state index is 12.9. The van der Waals surface area contributed by atoms with Crippen LogP contribution in [-0.2, 0) is 10.2 Å². The third-order valence-corrected chi connectivity index (χ3v) is 3.19. The van der Waals surface area contributed by atoms with Crippen molar-refractivity contribution in [3.63, 3.8) is 0 Å². The largest absolute Gasteiger partial charge is 0.334 e. The van der Waals surface area contributed by atoms with Gasteiger partial charge in [0.25, 0.3) is 0 Å². The summed E-state index contributed by atoms with van der Waals surface area (Å²) in [6, 6.07) is 6.20. The van der Waals surface area contributed by atoms with E-state index in [0.29, 0.717) is 9.86 Å². The van der Waals surface area contributed by atoms with Crippen LogP contribution in [0.4, 0.5) is 3.89 Å². The van der Waals surface area contributed by atoms with Crippen LogP contribution in [0.3, 0.4) is 0 Å². The third kappa shape index (κ3) is 2.00. The highest BCUT2D eigenvalue weighted by molar-refractivity contribution is 9.10. The van der Waals surface area contributed by atoms with E-state index in [-0.39, 0.29) is 5.52 Å². The summed E-state index contributed by atoms with van der Waals surface area (Å²) in [4.78, 5) is 3.44. The Labute approximate surface area is 94.3 Å². The van der Waals surface area contributed by atoms with E-state index in [4.69, 9.17) is 0 Å². The van der Waals surface area contributed by atoms with Crippen molar-refractivity contribution in [1.29, 1.82) is 0 Å². The van der Waals surface area contributed by atoms with Gasteiger partial charge < -0.3 is 0 Å². The van der Waals surface area contributed by atoms with Crippen LogP contribution in [0.25, 0.3) is 10.9 Å². The second kappa shape index (κ2) is 3.53. The molecule has 15 heavy (non-hydrogen) atoms. The number of fused-ring (bicyclic) bond motifs is 1. The number of hydrogen-bond acceptors (Lipinski definition) is 3. The van der Waals surface area contributed by atoms with Gasteiger partial charge in [-0.2, -0.15) is 8.42 Å². The van der Waals surface area contributed by atoms with Crippen molar-refractivity contribution in [3.8, 4) is 0 Å². The molecule has 2 rings (SSSR count). The molecule has 0 saturated heterocycles. The number of rotatable bonds is 1. The van der Waals surface area contributed by atoms with Crippen LogP contribution >= 0.6 is 15.9 Å². The average molecular weight is 290 g/mol. The monoisotopic (exact) mass is 289 g/mol. The lowest BCUT2D eigenvalue weighted by molar-refractivity contribution is 0.553. The van der Waals surface area contributed by atoms with E-state index in [1.807, 2.05) is 0 Å². The highest BCUT2D eigenvalue weighted by Crippen LogP contribution is 2.27. The van der Waals surface area contributed by atoms with Crippen LogP contribution in [-0.4, -0.2) is 13.4 Å². The first-order valence-electron chi connectivity index (χ1n) is 3.97. The molecule has 0 amide bonds. The van der Waals surface area contributed by atoms with E-state index in [9.17, 15) is 12.3 Å². The van der Waals surface area contributed by atoms with Crippen LogP contribution in [0.15, 0.2) is 39.8 Å². The smallest absolute Gasteiger partial charge is 0.255 e. The predicted molar refractivity (Wildman–Crippen MR) is 57.7 cm³/mol. The topological polar surface area (TPSA) is 47.0 Å². The van der Waals surface area contributed by atoms with Gasteiger partial charge in [-0.05, 0) is 18.2 Å². The highest BCUT2D eigenvalue weighted by Gasteiger charge is 2.17. The molecule has 0 N–H and O–H groups in total. The van der Waals surface area contributed by atoms with Crippen LogP contribution in [0.5, 0.6) is 0 Å². The van der Waals surface area contributed by atoms with E-state index in [1.165, 1.54) is 12.3 Å². The molecule has 0 unspecified atom stereocenters. The van der Waals surface area contributed by atoms with Gasteiger partial charge in [0.15, 0.2) is 0 Å². The molecule has 6 heteroatoms. The summed E-state index contributed by atoms with van der Waals surface area (Å²) >= 11 is 3.12. The zero-order valence-electron chi connectivity index (χ0n) is 7.31. The zero-order chi connectivity index (χ0) is 11.1. The molecule has 2 aromatic rings. The SMILES string of the molecule is O=S(=O)(F)c1cc(Br)cc2cccnc12. The van der Waals surface area contributed by atoms with Crippen molar-refractivity contribution >= 4 is 37.1 Å². The molecule has 1 heterocycles. The fourth-order valence-electron chi connectivity index (χ4n) is 1.31. The highest BCUT2D eigenvalue weighted by atomic mass is 79.9. The molecule has 0 aliphatic carbocycles. The number of halogens is 2. The minimum atomic E-state index is -4.74. The van der Waals surface area contributed by atoms with Gasteiger partial charge >= 0.3 is 10.2 Å². The molecular weight excluding hydrogens is 285 g/mol. The van der Waals surface area contributed by atoms with Crippen molar-refractivity contribution in [1.82, 2.24) is 4.98 Å². The Hall–Kier alpha value is -1.01. The summed E-state index contributed by atoms with van der Waals surface area (Å²) in [5.74, 6) is 0. The number of benzene rings is 1. The molecule has 1 aromatic heterocycles. The van der Waals surface area contributed by atoms with Gasteiger partial charge in [0.05, 0.1) is 5.52 Å². The molecule has 0 atom stereocenters. The van der Waals surface area contributed by atoms with Crippen LogP contribution in [0.1, 0.15) is 0 Å². The molecule has 0 aliphatic heterocycles. The Morgan fingerprint density at radius 2 is 2.07 bits per heavy atom. The lowest BCUT2D eigenvalue weighted by Crippen LogP contribution is -1.95. The van der Waals surface area contributed by atoms with Crippen molar-refractivity contribution < 1.29 is 12.3 Å². The van der Waals surface area contributed by atoms with E-state index >= 15 is 0 Å². The summed E-state index contributed by atoms with van der Waals surface area (Å²) in [7, 11) is -4.74. The summed E-state index contributed by atoms with van der Waals surface area (Å²) in [5.41, 5.74) is 0.142. The van der Waals surface area contributed by atoms with Gasteiger partial charge in [-0.25, -0.2) is 0 Å². The fraction of sp³-hybridized carbons (Fsp3) is 0. The molecule has 1 aromatic carbocycles. The maximum Gasteiger partial charge on any atom is 0.334 e. The van der Waals surface area contributed by atoms with E-state index in [1.54, 1.807) is 18.2 Å². The second-order valence-corrected chi connectivity index (χ2v) is 5.15. The average Bonchev–Trinajstić information content (AvgIpc) is 2.15. The predicted octanol–water partition coefficient (Wildman–Crippen LogP) is 2.66. The van der Waals surface area contributed by atoms with Gasteiger partial charge in [0.2, 0.25) is 0 Å². The quantitative estimate of drug-likeness (QED) is 0.759.